The number of anilines is 2. The van der Waals surface area contributed by atoms with Gasteiger partial charge in [0.05, 0.1) is 28.1 Å². The summed E-state index contributed by atoms with van der Waals surface area (Å²) in [5, 5.41) is 2.40. The number of hydrogen-bond acceptors (Lipinski definition) is 1. The van der Waals surface area contributed by atoms with Gasteiger partial charge in [0.1, 0.15) is 4.05 Å². The number of benzene rings is 7. The summed E-state index contributed by atoms with van der Waals surface area (Å²) in [6.45, 7) is 2.07. The molecule has 244 valence electrons. The maximum atomic E-state index is 5.44. The second kappa shape index (κ2) is 13.2. The van der Waals surface area contributed by atoms with Gasteiger partial charge >= 0.3 is 0 Å². The Hall–Kier alpha value is -5.79. The highest BCUT2D eigenvalue weighted by molar-refractivity contribution is 14.1. The van der Waals surface area contributed by atoms with Gasteiger partial charge in [-0.25, -0.2) is 9.98 Å². The molecule has 0 fully saturated rings. The van der Waals surface area contributed by atoms with Crippen LogP contribution in [0.1, 0.15) is 22.1 Å². The van der Waals surface area contributed by atoms with Crippen LogP contribution in [0.2, 0.25) is 0 Å². The number of alkyl halides is 1. The van der Waals surface area contributed by atoms with E-state index in [4.69, 9.17) is 9.98 Å². The highest BCUT2D eigenvalue weighted by atomic mass is 127. The van der Waals surface area contributed by atoms with Gasteiger partial charge in [0.2, 0.25) is 5.96 Å². The van der Waals surface area contributed by atoms with E-state index >= 15 is 0 Å². The van der Waals surface area contributed by atoms with Crippen LogP contribution in [0, 0.1) is 0 Å². The number of hydrogen-bond donors (Lipinski definition) is 0. The number of nitrogens with zero attached hydrogens (tertiary/aromatic N) is 4. The molecule has 1 unspecified atom stereocenters. The molecule has 5 heteroatoms. The van der Waals surface area contributed by atoms with Crippen molar-refractivity contribution in [3.63, 3.8) is 0 Å². The smallest absolute Gasteiger partial charge is 0.231 e. The fraction of sp³-hybridized carbons (Fsp3) is 0.0435. The van der Waals surface area contributed by atoms with Gasteiger partial charge in [-0.1, -0.05) is 162 Å². The Balaban J connectivity index is 1.37. The van der Waals surface area contributed by atoms with Gasteiger partial charge in [-0.3, -0.25) is 4.90 Å². The van der Waals surface area contributed by atoms with Crippen LogP contribution in [0.15, 0.2) is 186 Å². The third-order valence-electron chi connectivity index (χ3n) is 9.62. The topological polar surface area (TPSA) is 32.9 Å². The van der Waals surface area contributed by atoms with E-state index in [2.05, 4.69) is 203 Å². The summed E-state index contributed by atoms with van der Waals surface area (Å²) in [7, 11) is 0. The largest absolute Gasteiger partial charge is 0.305 e. The first kappa shape index (κ1) is 31.2. The molecule has 1 atom stereocenters. The summed E-state index contributed by atoms with van der Waals surface area (Å²) in [5.74, 6) is 0.639. The highest BCUT2D eigenvalue weighted by Crippen LogP contribution is 2.49. The van der Waals surface area contributed by atoms with Gasteiger partial charge in [-0.05, 0) is 76.7 Å². The zero-order valence-corrected chi connectivity index (χ0v) is 30.1. The zero-order valence-electron chi connectivity index (χ0n) is 28.0. The molecule has 0 saturated carbocycles. The Labute approximate surface area is 311 Å². The summed E-state index contributed by atoms with van der Waals surface area (Å²) in [5.41, 5.74) is 13.3. The van der Waals surface area contributed by atoms with E-state index in [1.165, 1.54) is 27.4 Å². The average molecular weight is 769 g/mol. The summed E-state index contributed by atoms with van der Waals surface area (Å²) in [6, 6.07) is 62.3. The van der Waals surface area contributed by atoms with Crippen molar-refractivity contribution in [3.8, 4) is 27.9 Å². The molecule has 51 heavy (non-hydrogen) atoms. The first-order valence-corrected chi connectivity index (χ1v) is 18.4. The number of aliphatic imine (C=N–C) groups is 2. The van der Waals surface area contributed by atoms with Gasteiger partial charge in [-0.2, -0.15) is 0 Å². The standard InChI is InChI=1S/C46H33IN4/c1-31(32-16-6-2-7-17-32)48-46(49-45(47)35-22-12-5-13-23-35)51-42-25-15-14-24-41(42)50-40-27-26-36(33-18-8-3-9-19-33)28-38(40)39-29-37(30-43(51)44(39)50)34-20-10-4-11-21-34/h2-30,45H,1H3/b48-31+,49-46+. The van der Waals surface area contributed by atoms with Crippen molar-refractivity contribution >= 4 is 67.4 Å². The lowest BCUT2D eigenvalue weighted by Crippen LogP contribution is -2.30. The van der Waals surface area contributed by atoms with Gasteiger partial charge in [0.25, 0.3) is 0 Å². The number of fused-ring (bicyclic) bond motifs is 5. The van der Waals surface area contributed by atoms with Crippen LogP contribution in [0.4, 0.5) is 11.4 Å². The molecule has 0 bridgehead atoms. The number of halogens is 1. The van der Waals surface area contributed by atoms with Crippen LogP contribution in [-0.4, -0.2) is 16.2 Å². The van der Waals surface area contributed by atoms with Crippen molar-refractivity contribution in [2.75, 3.05) is 4.90 Å². The van der Waals surface area contributed by atoms with Crippen molar-refractivity contribution in [2.24, 2.45) is 9.98 Å². The Morgan fingerprint density at radius 3 is 1.78 bits per heavy atom. The average Bonchev–Trinajstić information content (AvgIpc) is 3.53. The minimum absolute atomic E-state index is 0.160. The summed E-state index contributed by atoms with van der Waals surface area (Å²) in [4.78, 5) is 13.1. The summed E-state index contributed by atoms with van der Waals surface area (Å²) >= 11 is 2.43. The van der Waals surface area contributed by atoms with Crippen LogP contribution >= 0.6 is 22.6 Å². The third-order valence-corrected chi connectivity index (χ3v) is 10.6. The third kappa shape index (κ3) is 5.64. The molecule has 1 aromatic heterocycles. The highest BCUT2D eigenvalue weighted by Gasteiger charge is 2.32. The predicted molar refractivity (Wildman–Crippen MR) is 223 cm³/mol. The summed E-state index contributed by atoms with van der Waals surface area (Å²) < 4.78 is 2.27. The second-order valence-corrected chi connectivity index (χ2v) is 13.9. The monoisotopic (exact) mass is 768 g/mol. The lowest BCUT2D eigenvalue weighted by Gasteiger charge is -2.33. The molecular weight excluding hydrogens is 735 g/mol. The van der Waals surface area contributed by atoms with E-state index in [0.717, 1.165) is 50.5 Å². The molecule has 0 saturated heterocycles. The molecule has 0 radical (unpaired) electrons. The lowest BCUT2D eigenvalue weighted by atomic mass is 9.98. The van der Waals surface area contributed by atoms with Crippen LogP contribution in [-0.2, 0) is 0 Å². The molecule has 0 N–H and O–H groups in total. The molecule has 2 heterocycles. The van der Waals surface area contributed by atoms with E-state index < -0.39 is 0 Å². The predicted octanol–water partition coefficient (Wildman–Crippen LogP) is 12.6. The minimum Gasteiger partial charge on any atom is -0.305 e. The molecule has 1 aliphatic heterocycles. The lowest BCUT2D eigenvalue weighted by molar-refractivity contribution is 1.04. The molecule has 8 aromatic rings. The van der Waals surface area contributed by atoms with E-state index in [1.807, 2.05) is 12.1 Å². The van der Waals surface area contributed by atoms with Crippen LogP contribution in [0.3, 0.4) is 0 Å². The van der Waals surface area contributed by atoms with Crippen LogP contribution < -0.4 is 4.90 Å². The van der Waals surface area contributed by atoms with Gasteiger partial charge in [0.15, 0.2) is 0 Å². The molecule has 7 aromatic carbocycles. The van der Waals surface area contributed by atoms with E-state index in [9.17, 15) is 0 Å². The Kier molecular flexibility index (Phi) is 8.05. The number of rotatable bonds is 5. The molecular formula is C46H33IN4. The Morgan fingerprint density at radius 1 is 0.529 bits per heavy atom. The SMILES string of the molecule is C/C(=N\C(=N/C(I)c1ccccc1)N1c2ccccc2-n2c3ccc(-c4ccccc4)cc3c3cc(-c4ccccc4)cc1c32)c1ccccc1. The molecule has 9 rings (SSSR count). The maximum Gasteiger partial charge on any atom is 0.231 e. The summed E-state index contributed by atoms with van der Waals surface area (Å²) in [6.07, 6.45) is 0. The Bertz CT molecular complexity index is 2590. The fourth-order valence-corrected chi connectivity index (χ4v) is 7.82. The molecule has 0 spiro atoms. The normalized spacial score (nSPS) is 13.4. The molecule has 4 nitrogen and oxygen atoms in total. The number of guanidine groups is 1. The fourth-order valence-electron chi connectivity index (χ4n) is 7.16. The van der Waals surface area contributed by atoms with E-state index in [1.54, 1.807) is 0 Å². The van der Waals surface area contributed by atoms with Gasteiger partial charge in [-0.15, -0.1) is 0 Å². The molecule has 1 aliphatic rings. The Morgan fingerprint density at radius 2 is 1.10 bits per heavy atom. The number of aromatic nitrogens is 1. The van der Waals surface area contributed by atoms with Gasteiger partial charge < -0.3 is 4.57 Å². The van der Waals surface area contributed by atoms with E-state index in [-0.39, 0.29) is 4.05 Å². The first-order valence-electron chi connectivity index (χ1n) is 17.1. The molecule has 0 amide bonds. The quantitative estimate of drug-likeness (QED) is 0.0564. The first-order chi connectivity index (χ1) is 25.1. The van der Waals surface area contributed by atoms with Crippen molar-refractivity contribution < 1.29 is 0 Å². The van der Waals surface area contributed by atoms with Crippen molar-refractivity contribution in [1.82, 2.24) is 4.57 Å². The van der Waals surface area contributed by atoms with E-state index in [0.29, 0.717) is 5.96 Å². The second-order valence-electron chi connectivity index (χ2n) is 12.8. The van der Waals surface area contributed by atoms with Crippen molar-refractivity contribution in [1.29, 1.82) is 0 Å². The number of para-hydroxylation sites is 2. The molecule has 0 aliphatic carbocycles. The van der Waals surface area contributed by atoms with Crippen LogP contribution in [0.25, 0.3) is 49.7 Å². The maximum absolute atomic E-state index is 5.44. The van der Waals surface area contributed by atoms with Crippen molar-refractivity contribution in [3.05, 3.63) is 187 Å². The minimum atomic E-state index is -0.160. The van der Waals surface area contributed by atoms with Crippen molar-refractivity contribution in [2.45, 2.75) is 11.0 Å². The van der Waals surface area contributed by atoms with Gasteiger partial charge in [0, 0.05) is 16.5 Å². The zero-order chi connectivity index (χ0) is 34.3. The van der Waals surface area contributed by atoms with Crippen LogP contribution in [0.5, 0.6) is 0 Å².